The van der Waals surface area contributed by atoms with Crippen molar-refractivity contribution in [3.8, 4) is 5.75 Å². The molecule has 1 aliphatic carbocycles. The summed E-state index contributed by atoms with van der Waals surface area (Å²) in [7, 11) is 0. The van der Waals surface area contributed by atoms with E-state index in [-0.39, 0.29) is 18.9 Å². The van der Waals surface area contributed by atoms with Crippen molar-refractivity contribution in [1.82, 2.24) is 5.32 Å². The number of aliphatic carboxylic acids is 1. The lowest BCUT2D eigenvalue weighted by atomic mass is 10.1. The highest BCUT2D eigenvalue weighted by Gasteiger charge is 2.50. The van der Waals surface area contributed by atoms with Crippen molar-refractivity contribution in [2.45, 2.75) is 33.3 Å². The fourth-order valence-corrected chi connectivity index (χ4v) is 2.64. The van der Waals surface area contributed by atoms with Crippen molar-refractivity contribution >= 4 is 11.9 Å². The number of carboxylic acids is 1. The summed E-state index contributed by atoms with van der Waals surface area (Å²) >= 11 is 0. The largest absolute Gasteiger partial charge is 0.485 e. The molecule has 1 heterocycles. The van der Waals surface area contributed by atoms with E-state index in [0.717, 1.165) is 16.9 Å². The summed E-state index contributed by atoms with van der Waals surface area (Å²) in [5, 5.41) is 11.7. The summed E-state index contributed by atoms with van der Waals surface area (Å²) in [4.78, 5) is 23.2. The second-order valence-electron chi connectivity index (χ2n) is 6.59. The lowest BCUT2D eigenvalue weighted by Gasteiger charge is -2.10. The van der Waals surface area contributed by atoms with E-state index in [0.29, 0.717) is 18.6 Å². The molecule has 1 aliphatic rings. The molecular weight excluding hydrogens is 322 g/mol. The minimum atomic E-state index is -0.866. The van der Waals surface area contributed by atoms with E-state index in [9.17, 15) is 9.59 Å². The average Bonchev–Trinajstić information content (AvgIpc) is 3.22. The van der Waals surface area contributed by atoms with Gasteiger partial charge in [-0.15, -0.1) is 0 Å². The molecule has 25 heavy (non-hydrogen) atoms. The summed E-state index contributed by atoms with van der Waals surface area (Å²) in [6.07, 6.45) is 1.19. The third kappa shape index (κ3) is 3.84. The Morgan fingerprint density at radius 3 is 2.64 bits per heavy atom. The monoisotopic (exact) mass is 343 g/mol. The maximum absolute atomic E-state index is 12.1. The summed E-state index contributed by atoms with van der Waals surface area (Å²) in [6.45, 7) is 4.33. The quantitative estimate of drug-likeness (QED) is 0.806. The predicted molar refractivity (Wildman–Crippen MR) is 90.6 cm³/mol. The fourth-order valence-electron chi connectivity index (χ4n) is 2.64. The van der Waals surface area contributed by atoms with Gasteiger partial charge in [0.25, 0.3) is 5.91 Å². The Labute approximate surface area is 145 Å². The first-order chi connectivity index (χ1) is 11.9. The number of carbonyl (C=O) groups is 2. The maximum Gasteiger partial charge on any atom is 0.311 e. The van der Waals surface area contributed by atoms with Gasteiger partial charge in [-0.05, 0) is 50.5 Å². The number of hydrogen-bond acceptors (Lipinski definition) is 4. The Kier molecular flexibility index (Phi) is 4.53. The van der Waals surface area contributed by atoms with Crippen molar-refractivity contribution in [3.63, 3.8) is 0 Å². The number of nitrogens with one attached hydrogen (secondary N) is 1. The highest BCUT2D eigenvalue weighted by molar-refractivity contribution is 5.92. The van der Waals surface area contributed by atoms with Crippen LogP contribution in [0.4, 0.5) is 0 Å². The predicted octanol–water partition coefficient (Wildman–Crippen LogP) is 3.07. The summed E-state index contributed by atoms with van der Waals surface area (Å²) < 4.78 is 11.2. The Morgan fingerprint density at radius 2 is 2.00 bits per heavy atom. The molecule has 1 aromatic heterocycles. The molecule has 0 atom stereocenters. The zero-order chi connectivity index (χ0) is 18.0. The Morgan fingerprint density at radius 1 is 1.24 bits per heavy atom. The van der Waals surface area contributed by atoms with Crippen LogP contribution >= 0.6 is 0 Å². The molecule has 6 heteroatoms. The fraction of sp³-hybridized carbons (Fsp3) is 0.368. The van der Waals surface area contributed by atoms with Crippen LogP contribution in [0.1, 0.15) is 40.3 Å². The van der Waals surface area contributed by atoms with Crippen LogP contribution in [0.25, 0.3) is 0 Å². The van der Waals surface area contributed by atoms with Crippen molar-refractivity contribution in [3.05, 3.63) is 53.0 Å². The molecule has 3 rings (SSSR count). The van der Waals surface area contributed by atoms with Crippen LogP contribution in [0.15, 0.2) is 34.7 Å². The number of hydrogen-bond donors (Lipinski definition) is 2. The second kappa shape index (κ2) is 6.63. The molecule has 6 nitrogen and oxygen atoms in total. The molecule has 1 fully saturated rings. The molecule has 1 amide bonds. The van der Waals surface area contributed by atoms with Gasteiger partial charge in [-0.25, -0.2) is 0 Å². The van der Waals surface area contributed by atoms with Gasteiger partial charge >= 0.3 is 5.97 Å². The van der Waals surface area contributed by atoms with E-state index in [2.05, 4.69) is 5.32 Å². The van der Waals surface area contributed by atoms with E-state index in [4.69, 9.17) is 14.3 Å². The van der Waals surface area contributed by atoms with Crippen molar-refractivity contribution in [2.75, 3.05) is 6.54 Å². The number of carboxylic acid groups (broad SMARTS) is 1. The average molecular weight is 343 g/mol. The van der Waals surface area contributed by atoms with Crippen LogP contribution < -0.4 is 10.1 Å². The molecule has 0 bridgehead atoms. The lowest BCUT2D eigenvalue weighted by Crippen LogP contribution is -2.34. The minimum absolute atomic E-state index is 0.121. The minimum Gasteiger partial charge on any atom is -0.485 e. The molecule has 2 N–H and O–H groups in total. The molecule has 0 aliphatic heterocycles. The van der Waals surface area contributed by atoms with Gasteiger partial charge in [-0.3, -0.25) is 9.59 Å². The summed E-state index contributed by atoms with van der Waals surface area (Å²) in [6, 6.07) is 9.16. The lowest BCUT2D eigenvalue weighted by molar-refractivity contribution is -0.143. The molecule has 0 spiro atoms. The van der Waals surface area contributed by atoms with Gasteiger partial charge in [0.2, 0.25) is 0 Å². The van der Waals surface area contributed by atoms with Crippen molar-refractivity contribution in [2.24, 2.45) is 5.41 Å². The van der Waals surface area contributed by atoms with Crippen LogP contribution in [0.5, 0.6) is 5.75 Å². The number of ether oxygens (including phenoxy) is 1. The third-order valence-corrected chi connectivity index (χ3v) is 4.48. The van der Waals surface area contributed by atoms with Gasteiger partial charge in [0.15, 0.2) is 5.76 Å². The molecule has 0 unspecified atom stereocenters. The smallest absolute Gasteiger partial charge is 0.311 e. The zero-order valence-electron chi connectivity index (χ0n) is 14.3. The standard InChI is InChI=1S/C19H21NO5/c1-12-3-5-15(13(2)9-12)24-10-14-4-6-16(25-14)17(21)20-11-19(7-8-19)18(22)23/h3-6,9H,7-8,10-11H2,1-2H3,(H,20,21)(H,22,23). The maximum atomic E-state index is 12.1. The summed E-state index contributed by atoms with van der Waals surface area (Å²) in [5.74, 6) is 0.176. The first kappa shape index (κ1) is 17.1. The summed E-state index contributed by atoms with van der Waals surface area (Å²) in [5.41, 5.74) is 1.40. The Bertz CT molecular complexity index is 804. The third-order valence-electron chi connectivity index (χ3n) is 4.48. The van der Waals surface area contributed by atoms with Crippen molar-refractivity contribution < 1.29 is 23.8 Å². The Balaban J connectivity index is 1.55. The zero-order valence-corrected chi connectivity index (χ0v) is 14.3. The van der Waals surface area contributed by atoms with Gasteiger partial charge in [0.1, 0.15) is 18.1 Å². The molecule has 132 valence electrons. The highest BCUT2D eigenvalue weighted by Crippen LogP contribution is 2.45. The molecular formula is C19H21NO5. The number of carbonyl (C=O) groups excluding carboxylic acids is 1. The van der Waals surface area contributed by atoms with Crippen LogP contribution in [0.3, 0.4) is 0 Å². The Hall–Kier alpha value is -2.76. The van der Waals surface area contributed by atoms with Gasteiger partial charge in [-0.2, -0.15) is 0 Å². The number of benzene rings is 1. The van der Waals surface area contributed by atoms with E-state index < -0.39 is 17.3 Å². The van der Waals surface area contributed by atoms with Crippen molar-refractivity contribution in [1.29, 1.82) is 0 Å². The molecule has 0 saturated heterocycles. The number of aryl methyl sites for hydroxylation is 2. The van der Waals surface area contributed by atoms with E-state index in [1.54, 1.807) is 12.1 Å². The van der Waals surface area contributed by atoms with Gasteiger partial charge in [0.05, 0.1) is 5.41 Å². The second-order valence-corrected chi connectivity index (χ2v) is 6.59. The normalized spacial score (nSPS) is 14.8. The topological polar surface area (TPSA) is 88.8 Å². The van der Waals surface area contributed by atoms with Gasteiger partial charge < -0.3 is 19.6 Å². The van der Waals surface area contributed by atoms with Crippen LogP contribution in [0.2, 0.25) is 0 Å². The van der Waals surface area contributed by atoms with Crippen LogP contribution in [-0.2, 0) is 11.4 Å². The van der Waals surface area contributed by atoms with E-state index in [1.165, 1.54) is 0 Å². The molecule has 0 radical (unpaired) electrons. The number of amides is 1. The molecule has 2 aromatic rings. The highest BCUT2D eigenvalue weighted by atomic mass is 16.5. The van der Waals surface area contributed by atoms with Crippen LogP contribution in [0, 0.1) is 19.3 Å². The SMILES string of the molecule is Cc1ccc(OCc2ccc(C(=O)NCC3(C(=O)O)CC3)o2)c(C)c1. The van der Waals surface area contributed by atoms with E-state index in [1.807, 2.05) is 32.0 Å². The first-order valence-corrected chi connectivity index (χ1v) is 8.20. The first-order valence-electron chi connectivity index (χ1n) is 8.20. The molecule has 1 aromatic carbocycles. The molecule has 1 saturated carbocycles. The van der Waals surface area contributed by atoms with Gasteiger partial charge in [0, 0.05) is 6.54 Å². The van der Waals surface area contributed by atoms with Crippen LogP contribution in [-0.4, -0.2) is 23.5 Å². The van der Waals surface area contributed by atoms with E-state index >= 15 is 0 Å². The van der Waals surface area contributed by atoms with Gasteiger partial charge in [-0.1, -0.05) is 17.7 Å². The number of furan rings is 1. The number of rotatable bonds is 7.